The van der Waals surface area contributed by atoms with E-state index in [9.17, 15) is 18.0 Å². The number of hydrogen-bond acceptors (Lipinski definition) is 2. The van der Waals surface area contributed by atoms with Crippen molar-refractivity contribution in [2.24, 2.45) is 11.7 Å². The normalized spacial score (nSPS) is 20.3. The zero-order valence-corrected chi connectivity index (χ0v) is 11.3. The van der Waals surface area contributed by atoms with E-state index in [-0.39, 0.29) is 16.8 Å². The second-order valence-corrected chi connectivity index (χ2v) is 5.34. The summed E-state index contributed by atoms with van der Waals surface area (Å²) in [5.74, 6) is -0.580. The van der Waals surface area contributed by atoms with Crippen molar-refractivity contribution in [3.63, 3.8) is 0 Å². The highest BCUT2D eigenvalue weighted by Crippen LogP contribution is 2.35. The molecule has 1 fully saturated rings. The minimum atomic E-state index is -4.46. The van der Waals surface area contributed by atoms with E-state index in [1.165, 1.54) is 6.07 Å². The molecule has 3 nitrogen and oxygen atoms in total. The molecule has 0 spiro atoms. The topological polar surface area (TPSA) is 46.3 Å². The van der Waals surface area contributed by atoms with E-state index in [0.717, 1.165) is 6.07 Å². The average molecular weight is 307 g/mol. The van der Waals surface area contributed by atoms with Crippen molar-refractivity contribution in [2.45, 2.75) is 19.1 Å². The molecule has 0 saturated carbocycles. The maximum Gasteiger partial charge on any atom is 0.417 e. The van der Waals surface area contributed by atoms with Gasteiger partial charge in [0.2, 0.25) is 5.91 Å². The van der Waals surface area contributed by atoms with Gasteiger partial charge in [0, 0.05) is 13.1 Å². The van der Waals surface area contributed by atoms with Crippen LogP contribution in [0.2, 0.25) is 5.02 Å². The Hall–Kier alpha value is -1.27. The van der Waals surface area contributed by atoms with Gasteiger partial charge in [-0.2, -0.15) is 13.2 Å². The number of benzene rings is 1. The summed E-state index contributed by atoms with van der Waals surface area (Å²) >= 11 is 5.57. The largest absolute Gasteiger partial charge is 0.417 e. The molecule has 1 atom stereocenters. The maximum atomic E-state index is 12.8. The van der Waals surface area contributed by atoms with E-state index in [1.807, 2.05) is 4.90 Å². The molecule has 0 unspecified atom stereocenters. The number of carbonyl (C=O) groups excluding carboxylic acids is 1. The predicted molar refractivity (Wildman–Crippen MR) is 69.0 cm³/mol. The lowest BCUT2D eigenvalue weighted by molar-refractivity contribution is -0.137. The van der Waals surface area contributed by atoms with E-state index in [1.54, 1.807) is 6.07 Å². The third kappa shape index (κ3) is 3.43. The molecule has 0 bridgehead atoms. The molecule has 1 saturated heterocycles. The van der Waals surface area contributed by atoms with Crippen molar-refractivity contribution in [1.29, 1.82) is 0 Å². The number of rotatable bonds is 3. The van der Waals surface area contributed by atoms with Crippen LogP contribution in [0.4, 0.5) is 13.2 Å². The number of primary amides is 1. The van der Waals surface area contributed by atoms with Crippen molar-refractivity contribution in [1.82, 2.24) is 4.90 Å². The fourth-order valence-electron chi connectivity index (χ4n) is 2.35. The molecule has 0 aromatic heterocycles. The summed E-state index contributed by atoms with van der Waals surface area (Å²) in [4.78, 5) is 13.0. The molecule has 1 aliphatic heterocycles. The quantitative estimate of drug-likeness (QED) is 0.933. The molecular weight excluding hydrogens is 293 g/mol. The summed E-state index contributed by atoms with van der Waals surface area (Å²) in [6.07, 6.45) is -3.82. The Morgan fingerprint density at radius 3 is 2.70 bits per heavy atom. The van der Waals surface area contributed by atoms with Gasteiger partial charge in [-0.1, -0.05) is 17.7 Å². The number of amides is 1. The monoisotopic (exact) mass is 306 g/mol. The fourth-order valence-corrected chi connectivity index (χ4v) is 2.58. The maximum absolute atomic E-state index is 12.8. The van der Waals surface area contributed by atoms with Gasteiger partial charge in [-0.05, 0) is 30.7 Å². The van der Waals surface area contributed by atoms with Gasteiger partial charge in [0.1, 0.15) is 0 Å². The molecule has 1 heterocycles. The summed E-state index contributed by atoms with van der Waals surface area (Å²) in [5.41, 5.74) is 4.91. The molecule has 2 rings (SSSR count). The number of nitrogens with two attached hydrogens (primary N) is 1. The lowest BCUT2D eigenvalue weighted by Crippen LogP contribution is -2.27. The minimum absolute atomic E-state index is 0.218. The summed E-state index contributed by atoms with van der Waals surface area (Å²) in [5, 5.41) is -0.308. The van der Waals surface area contributed by atoms with E-state index >= 15 is 0 Å². The van der Waals surface area contributed by atoms with Gasteiger partial charge in [-0.15, -0.1) is 0 Å². The summed E-state index contributed by atoms with van der Waals surface area (Å²) in [6, 6.07) is 3.87. The third-order valence-corrected chi connectivity index (χ3v) is 3.75. The van der Waals surface area contributed by atoms with Gasteiger partial charge >= 0.3 is 6.18 Å². The molecule has 7 heteroatoms. The van der Waals surface area contributed by atoms with Crippen LogP contribution >= 0.6 is 11.6 Å². The first-order valence-corrected chi connectivity index (χ1v) is 6.52. The molecular formula is C13H14ClF3N2O. The Balaban J connectivity index is 2.10. The van der Waals surface area contributed by atoms with Crippen LogP contribution in [0.1, 0.15) is 17.5 Å². The number of likely N-dealkylation sites (tertiary alicyclic amines) is 1. The summed E-state index contributed by atoms with van der Waals surface area (Å²) < 4.78 is 38.3. The second-order valence-electron chi connectivity index (χ2n) is 4.94. The second kappa shape index (κ2) is 5.61. The molecule has 0 aliphatic carbocycles. The Bertz CT molecular complexity index is 519. The molecule has 0 radical (unpaired) electrons. The Morgan fingerprint density at radius 2 is 2.15 bits per heavy atom. The van der Waals surface area contributed by atoms with Crippen LogP contribution in [0, 0.1) is 5.92 Å². The molecule has 2 N–H and O–H groups in total. The molecule has 1 aliphatic rings. The van der Waals surface area contributed by atoms with Gasteiger partial charge < -0.3 is 5.73 Å². The van der Waals surface area contributed by atoms with E-state index in [0.29, 0.717) is 31.6 Å². The van der Waals surface area contributed by atoms with Gasteiger partial charge in [-0.25, -0.2) is 0 Å². The van der Waals surface area contributed by atoms with Crippen molar-refractivity contribution < 1.29 is 18.0 Å². The first kappa shape index (κ1) is 15.1. The highest BCUT2D eigenvalue weighted by molar-refractivity contribution is 6.31. The highest BCUT2D eigenvalue weighted by Gasteiger charge is 2.33. The Morgan fingerprint density at radius 1 is 1.45 bits per heavy atom. The Labute approximate surface area is 119 Å². The lowest BCUT2D eigenvalue weighted by Gasteiger charge is -2.17. The van der Waals surface area contributed by atoms with Crippen LogP contribution < -0.4 is 5.73 Å². The lowest BCUT2D eigenvalue weighted by atomic mass is 10.1. The highest BCUT2D eigenvalue weighted by atomic mass is 35.5. The fraction of sp³-hybridized carbons (Fsp3) is 0.462. The van der Waals surface area contributed by atoms with Crippen molar-refractivity contribution in [3.05, 3.63) is 34.3 Å². The molecule has 110 valence electrons. The van der Waals surface area contributed by atoms with Gasteiger partial charge in [0.05, 0.1) is 16.5 Å². The van der Waals surface area contributed by atoms with Crippen molar-refractivity contribution in [3.8, 4) is 0 Å². The predicted octanol–water partition coefficient (Wildman–Crippen LogP) is 2.67. The number of nitrogens with zero attached hydrogens (tertiary/aromatic N) is 1. The third-order valence-electron chi connectivity index (χ3n) is 3.42. The first-order valence-electron chi connectivity index (χ1n) is 6.14. The number of alkyl halides is 3. The van der Waals surface area contributed by atoms with Crippen LogP contribution in [0.15, 0.2) is 18.2 Å². The average Bonchev–Trinajstić information content (AvgIpc) is 2.79. The van der Waals surface area contributed by atoms with Gasteiger partial charge in [-0.3, -0.25) is 9.69 Å². The van der Waals surface area contributed by atoms with Crippen LogP contribution in [0.5, 0.6) is 0 Å². The minimum Gasteiger partial charge on any atom is -0.369 e. The van der Waals surface area contributed by atoms with Crippen LogP contribution in [-0.4, -0.2) is 23.9 Å². The summed E-state index contributed by atoms with van der Waals surface area (Å²) in [7, 11) is 0. The molecule has 1 aromatic carbocycles. The van der Waals surface area contributed by atoms with E-state index in [4.69, 9.17) is 17.3 Å². The first-order chi connectivity index (χ1) is 9.27. The number of halogens is 4. The number of carbonyl (C=O) groups is 1. The number of hydrogen-bond donors (Lipinski definition) is 1. The standard InChI is InChI=1S/C13H14ClF3N2O/c14-11-2-1-8(5-10(11)13(15,16)17)6-19-4-3-9(7-19)12(18)20/h1-2,5,9H,3-4,6-7H2,(H2,18,20)/t9-/m0/s1. The van der Waals surface area contributed by atoms with E-state index < -0.39 is 11.7 Å². The van der Waals surface area contributed by atoms with Crippen LogP contribution in [-0.2, 0) is 17.5 Å². The molecule has 1 amide bonds. The van der Waals surface area contributed by atoms with Crippen molar-refractivity contribution in [2.75, 3.05) is 13.1 Å². The Kier molecular flexibility index (Phi) is 4.25. The zero-order chi connectivity index (χ0) is 14.9. The smallest absolute Gasteiger partial charge is 0.369 e. The molecule has 20 heavy (non-hydrogen) atoms. The van der Waals surface area contributed by atoms with Crippen LogP contribution in [0.25, 0.3) is 0 Å². The van der Waals surface area contributed by atoms with Crippen molar-refractivity contribution >= 4 is 17.5 Å². The molecule has 1 aromatic rings. The SMILES string of the molecule is NC(=O)[C@H]1CCN(Cc2ccc(Cl)c(C(F)(F)F)c2)C1. The van der Waals surface area contributed by atoms with Gasteiger partial charge in [0.15, 0.2) is 0 Å². The van der Waals surface area contributed by atoms with E-state index in [2.05, 4.69) is 0 Å². The summed E-state index contributed by atoms with van der Waals surface area (Å²) in [6.45, 7) is 1.49. The van der Waals surface area contributed by atoms with Gasteiger partial charge in [0.25, 0.3) is 0 Å². The van der Waals surface area contributed by atoms with Crippen LogP contribution in [0.3, 0.4) is 0 Å². The zero-order valence-electron chi connectivity index (χ0n) is 10.6.